The van der Waals surface area contributed by atoms with Gasteiger partial charge in [-0.2, -0.15) is 5.10 Å². The van der Waals surface area contributed by atoms with Crippen LogP contribution in [0.3, 0.4) is 0 Å². The fourth-order valence-electron chi connectivity index (χ4n) is 5.65. The van der Waals surface area contributed by atoms with Crippen molar-refractivity contribution < 1.29 is 42.8 Å². The Morgan fingerprint density at radius 1 is 0.925 bits per heavy atom. The third kappa shape index (κ3) is 11.8. The monoisotopic (exact) mass is 731 g/mol. The van der Waals surface area contributed by atoms with Crippen LogP contribution in [-0.2, 0) is 52.7 Å². The number of esters is 1. The van der Waals surface area contributed by atoms with Crippen molar-refractivity contribution in [3.8, 4) is 11.5 Å². The molecule has 4 aromatic carbocycles. The molecule has 13 nitrogen and oxygen atoms in total. The molecule has 0 amide bonds. The van der Waals surface area contributed by atoms with Gasteiger partial charge in [0.05, 0.1) is 26.2 Å². The molecular formula is C38H39F2N5O8. The molecule has 1 unspecified atom stereocenters. The van der Waals surface area contributed by atoms with Gasteiger partial charge in [0.2, 0.25) is 0 Å². The molecule has 0 bridgehead atoms. The first-order valence-electron chi connectivity index (χ1n) is 16.7. The van der Waals surface area contributed by atoms with Gasteiger partial charge in [0.15, 0.2) is 0 Å². The van der Waals surface area contributed by atoms with E-state index in [0.29, 0.717) is 48.8 Å². The van der Waals surface area contributed by atoms with E-state index in [1.165, 1.54) is 23.4 Å². The molecule has 1 N–H and O–H groups in total. The van der Waals surface area contributed by atoms with E-state index in [1.54, 1.807) is 55.6 Å². The van der Waals surface area contributed by atoms with Crippen LogP contribution in [0.1, 0.15) is 34.2 Å². The zero-order valence-corrected chi connectivity index (χ0v) is 29.0. The zero-order chi connectivity index (χ0) is 37.6. The molecule has 0 saturated heterocycles. The standard InChI is InChI=1S/C38H39F2N5O8/c1-43(24-38(47,25-44-27-41-26-42-44)35-16-11-32(39)20-36(35)40)21-29-9-14-34(15-10-29)51-18-4-17-50-33-12-7-28(8-13-33)19-37(46)52-22-30-5-2-3-6-31(30)23-53-45(48)49/h2-3,5-16,20,26-27,47H,4,17-19,21-25H2,1H3. The van der Waals surface area contributed by atoms with Crippen molar-refractivity contribution in [2.75, 3.05) is 26.8 Å². The number of hydrogen-bond acceptors (Lipinski definition) is 11. The summed E-state index contributed by atoms with van der Waals surface area (Å²) in [4.78, 5) is 33.1. The highest BCUT2D eigenvalue weighted by molar-refractivity contribution is 5.72. The van der Waals surface area contributed by atoms with Crippen molar-refractivity contribution in [3.05, 3.63) is 153 Å². The number of carbonyl (C=O) groups is 1. The molecule has 0 spiro atoms. The van der Waals surface area contributed by atoms with Gasteiger partial charge >= 0.3 is 5.97 Å². The number of rotatable bonds is 20. The van der Waals surface area contributed by atoms with E-state index in [9.17, 15) is 28.8 Å². The molecule has 0 fully saturated rings. The Morgan fingerprint density at radius 3 is 2.17 bits per heavy atom. The SMILES string of the molecule is CN(Cc1ccc(OCCCOc2ccc(CC(=O)OCc3ccccc3CO[N+](=O)[O-])cc2)cc1)CC(O)(Cn1cncn1)c1ccc(F)cc1F. The number of benzene rings is 4. The molecule has 1 atom stereocenters. The lowest BCUT2D eigenvalue weighted by Gasteiger charge is -2.33. The minimum absolute atomic E-state index is 0.0261. The zero-order valence-electron chi connectivity index (χ0n) is 29.0. The highest BCUT2D eigenvalue weighted by Crippen LogP contribution is 2.28. The molecule has 0 aliphatic rings. The molecular weight excluding hydrogens is 692 g/mol. The van der Waals surface area contributed by atoms with E-state index in [-0.39, 0.29) is 38.3 Å². The summed E-state index contributed by atoms with van der Waals surface area (Å²) in [5.74, 6) is -0.692. The second-order valence-electron chi connectivity index (χ2n) is 12.4. The summed E-state index contributed by atoms with van der Waals surface area (Å²) >= 11 is 0. The van der Waals surface area contributed by atoms with E-state index in [0.717, 1.165) is 23.3 Å². The Hall–Kier alpha value is -5.93. The molecule has 0 saturated carbocycles. The van der Waals surface area contributed by atoms with Gasteiger partial charge < -0.3 is 24.2 Å². The van der Waals surface area contributed by atoms with Crippen LogP contribution in [0.4, 0.5) is 8.78 Å². The number of carbonyl (C=O) groups excluding carboxylic acids is 1. The maximum absolute atomic E-state index is 14.8. The second kappa shape index (κ2) is 18.5. The van der Waals surface area contributed by atoms with Gasteiger partial charge in [-0.1, -0.05) is 54.6 Å². The minimum Gasteiger partial charge on any atom is -0.493 e. The fraction of sp³-hybridized carbons (Fsp3) is 0.289. The molecule has 5 aromatic rings. The summed E-state index contributed by atoms with van der Waals surface area (Å²) in [5.41, 5.74) is 1.13. The highest BCUT2D eigenvalue weighted by Gasteiger charge is 2.35. The second-order valence-corrected chi connectivity index (χ2v) is 12.4. The third-order valence-corrected chi connectivity index (χ3v) is 8.16. The Balaban J connectivity index is 1.01. The lowest BCUT2D eigenvalue weighted by atomic mass is 9.92. The first-order chi connectivity index (χ1) is 25.6. The van der Waals surface area contributed by atoms with Crippen molar-refractivity contribution in [2.45, 2.75) is 44.7 Å². The van der Waals surface area contributed by atoms with Crippen molar-refractivity contribution in [2.24, 2.45) is 0 Å². The normalized spacial score (nSPS) is 12.2. The average molecular weight is 732 g/mol. The largest absolute Gasteiger partial charge is 0.493 e. The van der Waals surface area contributed by atoms with Crippen LogP contribution in [0, 0.1) is 21.7 Å². The Kier molecular flexibility index (Phi) is 13.4. The molecule has 278 valence electrons. The first-order valence-corrected chi connectivity index (χ1v) is 16.7. The van der Waals surface area contributed by atoms with Crippen molar-refractivity contribution in [1.29, 1.82) is 0 Å². The van der Waals surface area contributed by atoms with Crippen LogP contribution in [0.2, 0.25) is 0 Å². The number of aliphatic hydroxyl groups is 1. The van der Waals surface area contributed by atoms with E-state index >= 15 is 0 Å². The van der Waals surface area contributed by atoms with Gasteiger partial charge in [-0.25, -0.2) is 18.4 Å². The number of ether oxygens (including phenoxy) is 3. The summed E-state index contributed by atoms with van der Waals surface area (Å²) in [6, 6.07) is 24.6. The fourth-order valence-corrected chi connectivity index (χ4v) is 5.65. The summed E-state index contributed by atoms with van der Waals surface area (Å²) in [6.45, 7) is 0.973. The molecule has 1 heterocycles. The molecule has 5 rings (SSSR count). The summed E-state index contributed by atoms with van der Waals surface area (Å²) in [6.07, 6.45) is 3.42. The minimum atomic E-state index is -1.71. The molecule has 0 radical (unpaired) electrons. The van der Waals surface area contributed by atoms with Crippen LogP contribution in [0.15, 0.2) is 104 Å². The quantitative estimate of drug-likeness (QED) is 0.0473. The predicted molar refractivity (Wildman–Crippen MR) is 187 cm³/mol. The van der Waals surface area contributed by atoms with Gasteiger partial charge in [0.1, 0.15) is 54.6 Å². The van der Waals surface area contributed by atoms with Gasteiger partial charge in [0, 0.05) is 31.1 Å². The Morgan fingerprint density at radius 2 is 1.57 bits per heavy atom. The maximum atomic E-state index is 14.8. The van der Waals surface area contributed by atoms with Gasteiger partial charge in [-0.3, -0.25) is 9.69 Å². The lowest BCUT2D eigenvalue weighted by Crippen LogP contribution is -2.43. The van der Waals surface area contributed by atoms with E-state index < -0.39 is 28.3 Å². The lowest BCUT2D eigenvalue weighted by molar-refractivity contribution is -0.763. The van der Waals surface area contributed by atoms with Crippen molar-refractivity contribution in [1.82, 2.24) is 19.7 Å². The maximum Gasteiger partial charge on any atom is 0.310 e. The average Bonchev–Trinajstić information content (AvgIpc) is 3.64. The summed E-state index contributed by atoms with van der Waals surface area (Å²) in [7, 11) is 1.80. The summed E-state index contributed by atoms with van der Waals surface area (Å²) in [5, 5.41) is 25.3. The molecule has 53 heavy (non-hydrogen) atoms. The van der Waals surface area contributed by atoms with Crippen LogP contribution in [-0.4, -0.2) is 62.6 Å². The number of likely N-dealkylation sites (N-methyl/N-ethyl adjacent to an activating group) is 1. The topological polar surface area (TPSA) is 151 Å². The van der Waals surface area contributed by atoms with Crippen molar-refractivity contribution in [3.63, 3.8) is 0 Å². The first kappa shape index (κ1) is 38.3. The molecule has 0 aliphatic heterocycles. The molecule has 0 aliphatic carbocycles. The van der Waals surface area contributed by atoms with Crippen LogP contribution >= 0.6 is 0 Å². The predicted octanol–water partition coefficient (Wildman–Crippen LogP) is 5.42. The van der Waals surface area contributed by atoms with Gasteiger partial charge in [-0.15, -0.1) is 10.1 Å². The van der Waals surface area contributed by atoms with Crippen LogP contribution in [0.5, 0.6) is 11.5 Å². The number of halogens is 2. The third-order valence-electron chi connectivity index (χ3n) is 8.16. The molecule has 15 heteroatoms. The number of nitrogens with zero attached hydrogens (tertiary/aromatic N) is 5. The number of hydrogen-bond donors (Lipinski definition) is 1. The Bertz CT molecular complexity index is 1930. The highest BCUT2D eigenvalue weighted by atomic mass is 19.1. The van der Waals surface area contributed by atoms with Crippen LogP contribution < -0.4 is 9.47 Å². The van der Waals surface area contributed by atoms with E-state index in [2.05, 4.69) is 14.9 Å². The smallest absolute Gasteiger partial charge is 0.310 e. The Labute approximate surface area is 304 Å². The van der Waals surface area contributed by atoms with Gasteiger partial charge in [0.25, 0.3) is 5.09 Å². The summed E-state index contributed by atoms with van der Waals surface area (Å²) < 4.78 is 46.8. The van der Waals surface area contributed by atoms with Gasteiger partial charge in [-0.05, 0) is 59.6 Å². The molecule has 1 aromatic heterocycles. The number of aromatic nitrogens is 3. The van der Waals surface area contributed by atoms with Crippen LogP contribution in [0.25, 0.3) is 0 Å². The van der Waals surface area contributed by atoms with E-state index in [1.807, 2.05) is 29.2 Å². The van der Waals surface area contributed by atoms with Crippen molar-refractivity contribution >= 4 is 5.97 Å². The van der Waals surface area contributed by atoms with E-state index in [4.69, 9.17) is 14.2 Å².